The van der Waals surface area contributed by atoms with Gasteiger partial charge in [-0.25, -0.2) is 0 Å². The monoisotopic (exact) mass is 279 g/mol. The quantitative estimate of drug-likeness (QED) is 0.857. The van der Waals surface area contributed by atoms with Crippen LogP contribution in [0.5, 0.6) is 0 Å². The minimum atomic E-state index is -4.28. The van der Waals surface area contributed by atoms with E-state index in [-0.39, 0.29) is 0 Å². The highest BCUT2D eigenvalue weighted by atomic mass is 19.4. The van der Waals surface area contributed by atoms with Crippen molar-refractivity contribution in [3.05, 3.63) is 65.2 Å². The Balaban J connectivity index is 1.93. The van der Waals surface area contributed by atoms with Gasteiger partial charge in [-0.3, -0.25) is 0 Å². The van der Waals surface area contributed by atoms with Gasteiger partial charge in [0.1, 0.15) is 0 Å². The highest BCUT2D eigenvalue weighted by Gasteiger charge is 2.30. The molecule has 2 aromatic rings. The first-order chi connectivity index (χ1) is 9.45. The van der Waals surface area contributed by atoms with Crippen molar-refractivity contribution in [3.63, 3.8) is 0 Å². The average molecular weight is 279 g/mol. The third-order valence-electron chi connectivity index (χ3n) is 3.05. The van der Waals surface area contributed by atoms with Crippen LogP contribution in [0.3, 0.4) is 0 Å². The van der Waals surface area contributed by atoms with Crippen LogP contribution in [0, 0.1) is 6.92 Å². The molecule has 2 rings (SSSR count). The van der Waals surface area contributed by atoms with E-state index in [1.807, 2.05) is 31.2 Å². The van der Waals surface area contributed by atoms with Crippen molar-refractivity contribution in [1.82, 2.24) is 0 Å². The number of halogens is 3. The van der Waals surface area contributed by atoms with E-state index in [9.17, 15) is 13.2 Å². The molecule has 0 atom stereocenters. The van der Waals surface area contributed by atoms with E-state index < -0.39 is 11.7 Å². The van der Waals surface area contributed by atoms with Gasteiger partial charge in [0.25, 0.3) is 0 Å². The Hall–Kier alpha value is -1.97. The molecule has 0 aliphatic rings. The van der Waals surface area contributed by atoms with Crippen LogP contribution in [0.25, 0.3) is 0 Å². The first-order valence-electron chi connectivity index (χ1n) is 6.42. The zero-order chi connectivity index (χ0) is 14.6. The summed E-state index contributed by atoms with van der Waals surface area (Å²) in [7, 11) is 0. The van der Waals surface area contributed by atoms with Gasteiger partial charge in [-0.05, 0) is 37.1 Å². The number of alkyl halides is 3. The summed E-state index contributed by atoms with van der Waals surface area (Å²) in [5.41, 5.74) is 2.24. The molecule has 0 fully saturated rings. The molecule has 0 unspecified atom stereocenters. The van der Waals surface area contributed by atoms with Crippen molar-refractivity contribution in [3.8, 4) is 0 Å². The molecule has 0 heterocycles. The first-order valence-corrected chi connectivity index (χ1v) is 6.42. The van der Waals surface area contributed by atoms with Gasteiger partial charge in [0, 0.05) is 12.2 Å². The number of rotatable bonds is 4. The topological polar surface area (TPSA) is 12.0 Å². The number of aryl methyl sites for hydroxylation is 1. The predicted octanol–water partition coefficient (Wildman–Crippen LogP) is 4.67. The summed E-state index contributed by atoms with van der Waals surface area (Å²) >= 11 is 0. The second-order valence-electron chi connectivity index (χ2n) is 4.74. The molecule has 0 amide bonds. The molecule has 20 heavy (non-hydrogen) atoms. The summed E-state index contributed by atoms with van der Waals surface area (Å²) in [5.74, 6) is 0. The molecular weight excluding hydrogens is 263 g/mol. The highest BCUT2D eigenvalue weighted by Crippen LogP contribution is 2.29. The second kappa shape index (κ2) is 5.99. The van der Waals surface area contributed by atoms with Crippen LogP contribution in [0.4, 0.5) is 18.9 Å². The van der Waals surface area contributed by atoms with Gasteiger partial charge in [-0.1, -0.05) is 35.9 Å². The smallest absolute Gasteiger partial charge is 0.385 e. The first kappa shape index (κ1) is 14.4. The van der Waals surface area contributed by atoms with Crippen molar-refractivity contribution >= 4 is 5.69 Å². The summed E-state index contributed by atoms with van der Waals surface area (Å²) in [6, 6.07) is 13.4. The fourth-order valence-electron chi connectivity index (χ4n) is 1.93. The van der Waals surface area contributed by atoms with Gasteiger partial charge in [0.2, 0.25) is 0 Å². The number of nitrogens with one attached hydrogen (secondary N) is 1. The molecule has 0 saturated carbocycles. The van der Waals surface area contributed by atoms with Gasteiger partial charge in [0.05, 0.1) is 5.56 Å². The van der Waals surface area contributed by atoms with Crippen LogP contribution in [0.1, 0.15) is 16.7 Å². The molecule has 0 radical (unpaired) electrons. The largest absolute Gasteiger partial charge is 0.416 e. The summed E-state index contributed by atoms with van der Waals surface area (Å²) in [4.78, 5) is 0. The lowest BCUT2D eigenvalue weighted by atomic mass is 10.1. The normalized spacial score (nSPS) is 11.4. The molecule has 4 heteroatoms. The van der Waals surface area contributed by atoms with Crippen molar-refractivity contribution in [2.75, 3.05) is 11.9 Å². The summed E-state index contributed by atoms with van der Waals surface area (Å²) in [6.45, 7) is 2.61. The third kappa shape index (κ3) is 4.02. The summed E-state index contributed by atoms with van der Waals surface area (Å²) in [5, 5.41) is 3.20. The second-order valence-corrected chi connectivity index (χ2v) is 4.74. The van der Waals surface area contributed by atoms with E-state index in [2.05, 4.69) is 5.32 Å². The van der Waals surface area contributed by atoms with Crippen LogP contribution in [-0.2, 0) is 12.6 Å². The lowest BCUT2D eigenvalue weighted by Crippen LogP contribution is -2.08. The van der Waals surface area contributed by atoms with Crippen molar-refractivity contribution in [2.45, 2.75) is 19.5 Å². The molecule has 1 N–H and O–H groups in total. The number of hydrogen-bond acceptors (Lipinski definition) is 1. The maximum absolute atomic E-state index is 12.6. The van der Waals surface area contributed by atoms with Gasteiger partial charge < -0.3 is 5.32 Å². The van der Waals surface area contributed by atoms with Crippen LogP contribution in [-0.4, -0.2) is 6.54 Å². The molecule has 0 aromatic heterocycles. The lowest BCUT2D eigenvalue weighted by molar-refractivity contribution is -0.137. The fraction of sp³-hybridized carbons (Fsp3) is 0.250. The van der Waals surface area contributed by atoms with Gasteiger partial charge >= 0.3 is 6.18 Å². The predicted molar refractivity (Wildman–Crippen MR) is 74.8 cm³/mol. The number of benzene rings is 2. The van der Waals surface area contributed by atoms with E-state index in [1.54, 1.807) is 6.07 Å². The minimum Gasteiger partial charge on any atom is -0.385 e. The average Bonchev–Trinajstić information content (AvgIpc) is 2.40. The maximum atomic E-state index is 12.6. The van der Waals surface area contributed by atoms with Gasteiger partial charge in [-0.2, -0.15) is 13.2 Å². The maximum Gasteiger partial charge on any atom is 0.416 e. The Labute approximate surface area is 116 Å². The fourth-order valence-corrected chi connectivity index (χ4v) is 1.93. The molecule has 0 aliphatic heterocycles. The van der Waals surface area contributed by atoms with Crippen LogP contribution in [0.2, 0.25) is 0 Å². The molecule has 0 bridgehead atoms. The Kier molecular flexibility index (Phi) is 4.32. The van der Waals surface area contributed by atoms with Crippen molar-refractivity contribution in [1.29, 1.82) is 0 Å². The van der Waals surface area contributed by atoms with Crippen molar-refractivity contribution in [2.24, 2.45) is 0 Å². The number of anilines is 1. The Morgan fingerprint density at radius 2 is 1.70 bits per heavy atom. The molecule has 0 saturated heterocycles. The van der Waals surface area contributed by atoms with Crippen LogP contribution < -0.4 is 5.32 Å². The van der Waals surface area contributed by atoms with E-state index >= 15 is 0 Å². The molecule has 0 spiro atoms. The summed E-state index contributed by atoms with van der Waals surface area (Å²) < 4.78 is 37.7. The van der Waals surface area contributed by atoms with E-state index in [0.717, 1.165) is 11.8 Å². The SMILES string of the molecule is Cc1ccc(NCCc2cccc(C(F)(F)F)c2)cc1. The highest BCUT2D eigenvalue weighted by molar-refractivity contribution is 5.44. The molecule has 106 valence electrons. The molecule has 0 aliphatic carbocycles. The molecule has 2 aromatic carbocycles. The van der Waals surface area contributed by atoms with Crippen molar-refractivity contribution < 1.29 is 13.2 Å². The zero-order valence-corrected chi connectivity index (χ0v) is 11.2. The lowest BCUT2D eigenvalue weighted by Gasteiger charge is -2.10. The van der Waals surface area contributed by atoms with E-state index in [1.165, 1.54) is 17.7 Å². The Morgan fingerprint density at radius 1 is 1.00 bits per heavy atom. The molecular formula is C16H16F3N. The Bertz CT molecular complexity index is 559. The molecule has 1 nitrogen and oxygen atoms in total. The standard InChI is InChI=1S/C16H16F3N/c1-12-5-7-15(8-6-12)20-10-9-13-3-2-4-14(11-13)16(17,18)19/h2-8,11,20H,9-10H2,1H3. The van der Waals surface area contributed by atoms with E-state index in [4.69, 9.17) is 0 Å². The van der Waals surface area contributed by atoms with Gasteiger partial charge in [0.15, 0.2) is 0 Å². The van der Waals surface area contributed by atoms with Crippen LogP contribution >= 0.6 is 0 Å². The zero-order valence-electron chi connectivity index (χ0n) is 11.2. The minimum absolute atomic E-state index is 0.553. The van der Waals surface area contributed by atoms with E-state index in [0.29, 0.717) is 18.5 Å². The Morgan fingerprint density at radius 3 is 2.35 bits per heavy atom. The van der Waals surface area contributed by atoms with Crippen LogP contribution in [0.15, 0.2) is 48.5 Å². The van der Waals surface area contributed by atoms with Gasteiger partial charge in [-0.15, -0.1) is 0 Å². The summed E-state index contributed by atoms with van der Waals surface area (Å²) in [6.07, 6.45) is -3.72. The third-order valence-corrected chi connectivity index (χ3v) is 3.05. The number of hydrogen-bond donors (Lipinski definition) is 1.